The highest BCUT2D eigenvalue weighted by Crippen LogP contribution is 2.26. The van der Waals surface area contributed by atoms with E-state index in [1.807, 2.05) is 19.1 Å². The van der Waals surface area contributed by atoms with Gasteiger partial charge in [-0.15, -0.1) is 0 Å². The number of aryl methyl sites for hydroxylation is 1. The summed E-state index contributed by atoms with van der Waals surface area (Å²) in [5.41, 5.74) is 0.823. The number of aromatic nitrogens is 3. The topological polar surface area (TPSA) is 84.2 Å². The molecular weight excluding hydrogens is 313 g/mol. The van der Waals surface area contributed by atoms with Crippen molar-refractivity contribution in [2.75, 3.05) is 19.6 Å². The molecule has 0 unspecified atom stereocenters. The van der Waals surface area contributed by atoms with Gasteiger partial charge >= 0.3 is 0 Å². The average Bonchev–Trinajstić information content (AvgIpc) is 3.11. The number of likely N-dealkylation sites (tertiary alicyclic amines) is 1. The van der Waals surface area contributed by atoms with E-state index in [4.69, 9.17) is 0 Å². The Balaban J connectivity index is 1.46. The third-order valence-corrected chi connectivity index (χ3v) is 4.25. The van der Waals surface area contributed by atoms with E-state index in [1.165, 1.54) is 6.20 Å². The largest absolute Gasteiger partial charge is 0.337 e. The highest BCUT2D eigenvalue weighted by molar-refractivity contribution is 5.91. The van der Waals surface area contributed by atoms with Crippen LogP contribution in [0.25, 0.3) is 0 Å². The third kappa shape index (κ3) is 3.94. The standard InChI is InChI=1S/C16H20FN5O2/c1-12-2-3-13(19-8-12)9-18-11-16(17)4-6-22(7-5-16)15(23)14-10-20-24-21-14/h2-3,8,10,18H,4-7,9,11H2,1H3. The van der Waals surface area contributed by atoms with E-state index >= 15 is 0 Å². The molecule has 1 aliphatic heterocycles. The van der Waals surface area contributed by atoms with Gasteiger partial charge in [-0.25, -0.2) is 9.02 Å². The molecular formula is C16H20FN5O2. The van der Waals surface area contributed by atoms with Gasteiger partial charge in [-0.2, -0.15) is 0 Å². The Morgan fingerprint density at radius 1 is 1.38 bits per heavy atom. The molecule has 1 N–H and O–H groups in total. The maximum absolute atomic E-state index is 14.9. The Hall–Kier alpha value is -2.35. The normalized spacial score (nSPS) is 17.0. The fourth-order valence-corrected chi connectivity index (χ4v) is 2.73. The lowest BCUT2D eigenvalue weighted by molar-refractivity contribution is 0.0426. The maximum Gasteiger partial charge on any atom is 0.277 e. The van der Waals surface area contributed by atoms with Crippen LogP contribution in [0.5, 0.6) is 0 Å². The zero-order valence-electron chi connectivity index (χ0n) is 13.5. The number of rotatable bonds is 5. The SMILES string of the molecule is Cc1ccc(CNCC2(F)CCN(C(=O)c3cnon3)CC2)nc1. The van der Waals surface area contributed by atoms with Crippen molar-refractivity contribution < 1.29 is 13.8 Å². The number of hydrogen-bond donors (Lipinski definition) is 1. The van der Waals surface area contributed by atoms with Crippen molar-refractivity contribution >= 4 is 5.91 Å². The van der Waals surface area contributed by atoms with E-state index in [-0.39, 0.29) is 18.1 Å². The number of halogens is 1. The molecule has 1 fully saturated rings. The molecule has 0 saturated carbocycles. The lowest BCUT2D eigenvalue weighted by Gasteiger charge is -2.36. The van der Waals surface area contributed by atoms with Crippen molar-refractivity contribution in [3.8, 4) is 0 Å². The smallest absolute Gasteiger partial charge is 0.277 e. The number of carbonyl (C=O) groups excluding carboxylic acids is 1. The number of pyridine rings is 1. The second-order valence-electron chi connectivity index (χ2n) is 6.17. The summed E-state index contributed by atoms with van der Waals surface area (Å²) >= 11 is 0. The van der Waals surface area contributed by atoms with E-state index in [2.05, 4.69) is 25.2 Å². The fourth-order valence-electron chi connectivity index (χ4n) is 2.73. The van der Waals surface area contributed by atoms with Gasteiger partial charge in [0.1, 0.15) is 11.9 Å². The van der Waals surface area contributed by atoms with Crippen LogP contribution >= 0.6 is 0 Å². The molecule has 2 aromatic rings. The predicted molar refractivity (Wildman–Crippen MR) is 84.0 cm³/mol. The van der Waals surface area contributed by atoms with Crippen molar-refractivity contribution in [3.05, 3.63) is 41.5 Å². The summed E-state index contributed by atoms with van der Waals surface area (Å²) in [6, 6.07) is 3.92. The molecule has 0 aliphatic carbocycles. The second kappa shape index (κ2) is 7.04. The highest BCUT2D eigenvalue weighted by Gasteiger charge is 2.36. The van der Waals surface area contributed by atoms with Crippen LogP contribution in [-0.2, 0) is 6.54 Å². The Bertz CT molecular complexity index is 666. The van der Waals surface area contributed by atoms with Crippen LogP contribution in [0.1, 0.15) is 34.6 Å². The quantitative estimate of drug-likeness (QED) is 0.893. The van der Waals surface area contributed by atoms with Gasteiger partial charge in [-0.05, 0) is 23.7 Å². The Labute approximate surface area is 139 Å². The van der Waals surface area contributed by atoms with Crippen molar-refractivity contribution in [1.29, 1.82) is 0 Å². The van der Waals surface area contributed by atoms with Gasteiger partial charge in [0, 0.05) is 45.2 Å². The summed E-state index contributed by atoms with van der Waals surface area (Å²) in [6.45, 7) is 3.46. The van der Waals surface area contributed by atoms with Gasteiger partial charge in [0.05, 0.1) is 5.69 Å². The van der Waals surface area contributed by atoms with E-state index in [0.29, 0.717) is 32.5 Å². The zero-order valence-corrected chi connectivity index (χ0v) is 13.5. The zero-order chi connectivity index (χ0) is 17.0. The molecule has 1 amide bonds. The minimum Gasteiger partial charge on any atom is -0.337 e. The number of carbonyl (C=O) groups is 1. The summed E-state index contributed by atoms with van der Waals surface area (Å²) in [4.78, 5) is 18.0. The molecule has 0 atom stereocenters. The van der Waals surface area contributed by atoms with Gasteiger partial charge in [0.2, 0.25) is 0 Å². The van der Waals surface area contributed by atoms with Gasteiger partial charge < -0.3 is 10.2 Å². The molecule has 0 aromatic carbocycles. The second-order valence-corrected chi connectivity index (χ2v) is 6.17. The Kier molecular flexibility index (Phi) is 4.84. The van der Waals surface area contributed by atoms with Gasteiger partial charge in [-0.3, -0.25) is 9.78 Å². The fraction of sp³-hybridized carbons (Fsp3) is 0.500. The minimum atomic E-state index is -1.32. The first-order valence-electron chi connectivity index (χ1n) is 7.94. The summed E-state index contributed by atoms with van der Waals surface area (Å²) in [5, 5.41) is 10.1. The van der Waals surface area contributed by atoms with Crippen LogP contribution < -0.4 is 5.32 Å². The molecule has 2 aromatic heterocycles. The summed E-state index contributed by atoms with van der Waals surface area (Å²) in [6.07, 6.45) is 3.65. The molecule has 128 valence electrons. The molecule has 0 radical (unpaired) electrons. The van der Waals surface area contributed by atoms with E-state index < -0.39 is 5.67 Å². The lowest BCUT2D eigenvalue weighted by Crippen LogP contribution is -2.48. The number of piperidine rings is 1. The van der Waals surface area contributed by atoms with Crippen molar-refractivity contribution in [2.24, 2.45) is 0 Å². The lowest BCUT2D eigenvalue weighted by atomic mass is 9.93. The van der Waals surface area contributed by atoms with Crippen LogP contribution in [0.4, 0.5) is 4.39 Å². The average molecular weight is 333 g/mol. The monoisotopic (exact) mass is 333 g/mol. The van der Waals surface area contributed by atoms with Crippen LogP contribution in [-0.4, -0.2) is 51.4 Å². The molecule has 3 rings (SSSR count). The summed E-state index contributed by atoms with van der Waals surface area (Å²) in [5.74, 6) is -0.268. The Morgan fingerprint density at radius 2 is 2.17 bits per heavy atom. The molecule has 3 heterocycles. The van der Waals surface area contributed by atoms with Crippen LogP contribution in [0.15, 0.2) is 29.2 Å². The van der Waals surface area contributed by atoms with E-state index in [9.17, 15) is 9.18 Å². The van der Waals surface area contributed by atoms with Crippen LogP contribution in [0, 0.1) is 6.92 Å². The Morgan fingerprint density at radius 3 is 2.79 bits per heavy atom. The van der Waals surface area contributed by atoms with Crippen molar-refractivity contribution in [3.63, 3.8) is 0 Å². The third-order valence-electron chi connectivity index (χ3n) is 4.25. The number of nitrogens with zero attached hydrogens (tertiary/aromatic N) is 4. The van der Waals surface area contributed by atoms with Crippen LogP contribution in [0.2, 0.25) is 0 Å². The van der Waals surface area contributed by atoms with Gasteiger partial charge in [0.25, 0.3) is 5.91 Å². The molecule has 1 aliphatic rings. The molecule has 0 bridgehead atoms. The van der Waals surface area contributed by atoms with Gasteiger partial charge in [0.15, 0.2) is 5.69 Å². The molecule has 7 nitrogen and oxygen atoms in total. The number of hydrogen-bond acceptors (Lipinski definition) is 6. The first kappa shape index (κ1) is 16.5. The van der Waals surface area contributed by atoms with E-state index in [0.717, 1.165) is 11.3 Å². The summed E-state index contributed by atoms with van der Waals surface area (Å²) < 4.78 is 19.3. The molecule has 0 spiro atoms. The van der Waals surface area contributed by atoms with Crippen molar-refractivity contribution in [1.82, 2.24) is 25.5 Å². The van der Waals surface area contributed by atoms with Gasteiger partial charge in [-0.1, -0.05) is 11.2 Å². The molecule has 1 saturated heterocycles. The first-order valence-corrected chi connectivity index (χ1v) is 7.94. The summed E-state index contributed by atoms with van der Waals surface area (Å²) in [7, 11) is 0. The van der Waals surface area contributed by atoms with E-state index in [1.54, 1.807) is 11.1 Å². The number of alkyl halides is 1. The molecule has 8 heteroatoms. The first-order chi connectivity index (χ1) is 11.6. The predicted octanol–water partition coefficient (Wildman–Crippen LogP) is 1.51. The minimum absolute atomic E-state index is 0.157. The highest BCUT2D eigenvalue weighted by atomic mass is 19.1. The van der Waals surface area contributed by atoms with Crippen molar-refractivity contribution in [2.45, 2.75) is 32.0 Å². The number of nitrogens with one attached hydrogen (secondary N) is 1. The number of amides is 1. The van der Waals surface area contributed by atoms with Crippen LogP contribution in [0.3, 0.4) is 0 Å². The maximum atomic E-state index is 14.9. The molecule has 24 heavy (non-hydrogen) atoms.